The van der Waals surface area contributed by atoms with E-state index in [9.17, 15) is 0 Å². The third-order valence-corrected chi connectivity index (χ3v) is 3.88. The highest BCUT2D eigenvalue weighted by atomic mass is 127. The highest BCUT2D eigenvalue weighted by molar-refractivity contribution is 14.1. The molecule has 0 aliphatic rings. The van der Waals surface area contributed by atoms with Gasteiger partial charge in [-0.3, -0.25) is 0 Å². The zero-order valence-corrected chi connectivity index (χ0v) is 13.3. The number of rotatable bonds is 3. The molecule has 0 aliphatic heterocycles. The molecule has 3 aromatic rings. The van der Waals surface area contributed by atoms with E-state index < -0.39 is 0 Å². The zero-order chi connectivity index (χ0) is 13.9. The lowest BCUT2D eigenvalue weighted by Crippen LogP contribution is -2.02. The number of halogens is 1. The summed E-state index contributed by atoms with van der Waals surface area (Å²) in [7, 11) is 0. The number of aryl methyl sites for hydroxylation is 1. The quantitative estimate of drug-likeness (QED) is 0.650. The predicted molar refractivity (Wildman–Crippen MR) is 88.5 cm³/mol. The first kappa shape index (κ1) is 13.3. The Kier molecular flexibility index (Phi) is 3.82. The van der Waals surface area contributed by atoms with Crippen molar-refractivity contribution in [3.05, 3.63) is 69.6 Å². The van der Waals surface area contributed by atoms with Crippen LogP contribution in [-0.2, 0) is 6.54 Å². The van der Waals surface area contributed by atoms with Gasteiger partial charge in [0.1, 0.15) is 6.33 Å². The Morgan fingerprint density at radius 1 is 1.10 bits per heavy atom. The summed E-state index contributed by atoms with van der Waals surface area (Å²) in [6.07, 6.45) is 1.79. The van der Waals surface area contributed by atoms with Crippen LogP contribution in [0.2, 0.25) is 0 Å². The highest BCUT2D eigenvalue weighted by Crippen LogP contribution is 2.17. The molecule has 4 heteroatoms. The molecule has 1 aromatic heterocycles. The van der Waals surface area contributed by atoms with E-state index in [2.05, 4.69) is 76.0 Å². The predicted octanol–water partition coefficient (Wildman–Crippen LogP) is 3.91. The van der Waals surface area contributed by atoms with Crippen molar-refractivity contribution in [1.29, 1.82) is 0 Å². The van der Waals surface area contributed by atoms with Gasteiger partial charge in [0.05, 0.1) is 6.54 Å². The fourth-order valence-corrected chi connectivity index (χ4v) is 2.64. The van der Waals surface area contributed by atoms with Gasteiger partial charge in [-0.25, -0.2) is 9.67 Å². The van der Waals surface area contributed by atoms with E-state index >= 15 is 0 Å². The van der Waals surface area contributed by atoms with Crippen molar-refractivity contribution in [3.8, 4) is 11.4 Å². The third-order valence-electron chi connectivity index (χ3n) is 3.21. The second kappa shape index (κ2) is 5.75. The maximum atomic E-state index is 4.56. The van der Waals surface area contributed by atoms with E-state index in [1.165, 1.54) is 14.7 Å². The number of aromatic nitrogens is 3. The molecule has 0 amide bonds. The van der Waals surface area contributed by atoms with Gasteiger partial charge in [-0.05, 0) is 52.8 Å². The van der Waals surface area contributed by atoms with E-state index in [4.69, 9.17) is 0 Å². The van der Waals surface area contributed by atoms with E-state index in [1.54, 1.807) is 6.33 Å². The average molecular weight is 375 g/mol. The SMILES string of the molecule is Cc1ccccc1Cn1cnc(-c2cccc(I)c2)n1. The van der Waals surface area contributed by atoms with Crippen LogP contribution in [0.25, 0.3) is 11.4 Å². The van der Waals surface area contributed by atoms with Crippen LogP contribution < -0.4 is 0 Å². The van der Waals surface area contributed by atoms with E-state index in [-0.39, 0.29) is 0 Å². The molecule has 0 spiro atoms. The van der Waals surface area contributed by atoms with Gasteiger partial charge in [-0.2, -0.15) is 5.10 Å². The standard InChI is InChI=1S/C16H14IN3/c1-12-5-2-3-6-14(12)10-20-11-18-16(19-20)13-7-4-8-15(17)9-13/h2-9,11H,10H2,1H3. The maximum Gasteiger partial charge on any atom is 0.181 e. The maximum absolute atomic E-state index is 4.56. The fraction of sp³-hybridized carbons (Fsp3) is 0.125. The molecule has 0 unspecified atom stereocenters. The molecule has 0 radical (unpaired) electrons. The normalized spacial score (nSPS) is 10.7. The van der Waals surface area contributed by atoms with Crippen molar-refractivity contribution in [2.45, 2.75) is 13.5 Å². The van der Waals surface area contributed by atoms with Crippen LogP contribution >= 0.6 is 22.6 Å². The Balaban J connectivity index is 1.86. The van der Waals surface area contributed by atoms with Gasteiger partial charge < -0.3 is 0 Å². The minimum atomic E-state index is 0.754. The second-order valence-electron chi connectivity index (χ2n) is 4.70. The molecule has 0 bridgehead atoms. The Bertz CT molecular complexity index is 734. The third kappa shape index (κ3) is 2.90. The van der Waals surface area contributed by atoms with Crippen molar-refractivity contribution >= 4 is 22.6 Å². The van der Waals surface area contributed by atoms with E-state index in [1.807, 2.05) is 16.8 Å². The highest BCUT2D eigenvalue weighted by Gasteiger charge is 2.05. The number of hydrogen-bond acceptors (Lipinski definition) is 2. The van der Waals surface area contributed by atoms with Crippen molar-refractivity contribution in [1.82, 2.24) is 14.8 Å². The number of hydrogen-bond donors (Lipinski definition) is 0. The Morgan fingerprint density at radius 3 is 2.75 bits per heavy atom. The van der Waals surface area contributed by atoms with Gasteiger partial charge in [-0.15, -0.1) is 0 Å². The lowest BCUT2D eigenvalue weighted by Gasteiger charge is -2.04. The van der Waals surface area contributed by atoms with Gasteiger partial charge in [-0.1, -0.05) is 36.4 Å². The lowest BCUT2D eigenvalue weighted by molar-refractivity contribution is 0.684. The van der Waals surface area contributed by atoms with Crippen LogP contribution in [-0.4, -0.2) is 14.8 Å². The summed E-state index contributed by atoms with van der Waals surface area (Å²) < 4.78 is 3.08. The minimum Gasteiger partial charge on any atom is -0.248 e. The lowest BCUT2D eigenvalue weighted by atomic mass is 10.1. The molecule has 20 heavy (non-hydrogen) atoms. The summed E-state index contributed by atoms with van der Waals surface area (Å²) in [4.78, 5) is 4.40. The fourth-order valence-electron chi connectivity index (χ4n) is 2.09. The van der Waals surface area contributed by atoms with Crippen molar-refractivity contribution in [2.24, 2.45) is 0 Å². The molecule has 100 valence electrons. The summed E-state index contributed by atoms with van der Waals surface area (Å²) in [5.41, 5.74) is 3.60. The summed E-state index contributed by atoms with van der Waals surface area (Å²) in [5, 5.41) is 4.56. The summed E-state index contributed by atoms with van der Waals surface area (Å²) in [5.74, 6) is 0.775. The van der Waals surface area contributed by atoms with Crippen LogP contribution in [0, 0.1) is 10.5 Å². The molecule has 0 N–H and O–H groups in total. The van der Waals surface area contributed by atoms with Gasteiger partial charge in [0.25, 0.3) is 0 Å². The minimum absolute atomic E-state index is 0.754. The number of benzene rings is 2. The summed E-state index contributed by atoms with van der Waals surface area (Å²) in [6.45, 7) is 2.87. The van der Waals surface area contributed by atoms with E-state index in [0.29, 0.717) is 0 Å². The van der Waals surface area contributed by atoms with Gasteiger partial charge >= 0.3 is 0 Å². The largest absolute Gasteiger partial charge is 0.248 e. The van der Waals surface area contributed by atoms with Crippen LogP contribution in [0.3, 0.4) is 0 Å². The Labute approximate surface area is 131 Å². The van der Waals surface area contributed by atoms with Crippen molar-refractivity contribution in [2.75, 3.05) is 0 Å². The molecule has 0 fully saturated rings. The van der Waals surface area contributed by atoms with Crippen molar-refractivity contribution < 1.29 is 0 Å². The average Bonchev–Trinajstić information content (AvgIpc) is 2.90. The molecular weight excluding hydrogens is 361 g/mol. The molecule has 0 saturated heterocycles. The zero-order valence-electron chi connectivity index (χ0n) is 11.1. The first-order chi connectivity index (χ1) is 9.72. The summed E-state index contributed by atoms with van der Waals surface area (Å²) in [6, 6.07) is 16.6. The molecule has 2 aromatic carbocycles. The monoisotopic (exact) mass is 375 g/mol. The molecule has 0 atom stereocenters. The van der Waals surface area contributed by atoms with Crippen LogP contribution in [0.1, 0.15) is 11.1 Å². The Morgan fingerprint density at radius 2 is 1.95 bits per heavy atom. The molecule has 0 saturated carbocycles. The first-order valence-electron chi connectivity index (χ1n) is 6.42. The van der Waals surface area contributed by atoms with Crippen LogP contribution in [0.15, 0.2) is 54.9 Å². The van der Waals surface area contributed by atoms with Gasteiger partial charge in [0.2, 0.25) is 0 Å². The van der Waals surface area contributed by atoms with E-state index in [0.717, 1.165) is 17.9 Å². The molecule has 1 heterocycles. The van der Waals surface area contributed by atoms with Crippen molar-refractivity contribution in [3.63, 3.8) is 0 Å². The first-order valence-corrected chi connectivity index (χ1v) is 7.50. The molecule has 3 rings (SSSR count). The molecule has 3 nitrogen and oxygen atoms in total. The topological polar surface area (TPSA) is 30.7 Å². The molecule has 0 aliphatic carbocycles. The van der Waals surface area contributed by atoms with Crippen LogP contribution in [0.4, 0.5) is 0 Å². The van der Waals surface area contributed by atoms with Crippen LogP contribution in [0.5, 0.6) is 0 Å². The van der Waals surface area contributed by atoms with Gasteiger partial charge in [0.15, 0.2) is 5.82 Å². The smallest absolute Gasteiger partial charge is 0.181 e. The second-order valence-corrected chi connectivity index (χ2v) is 5.95. The van der Waals surface area contributed by atoms with Gasteiger partial charge in [0, 0.05) is 9.13 Å². The number of nitrogens with zero attached hydrogens (tertiary/aromatic N) is 3. The summed E-state index contributed by atoms with van der Waals surface area (Å²) >= 11 is 2.30. The Hall–Kier alpha value is -1.69. The molecular formula is C16H14IN3.